The lowest BCUT2D eigenvalue weighted by Gasteiger charge is -2.08. The molecule has 3 N–H and O–H groups in total. The van der Waals surface area contributed by atoms with E-state index in [1.165, 1.54) is 6.08 Å². The topological polar surface area (TPSA) is 55.1 Å². The zero-order chi connectivity index (χ0) is 15.5. The summed E-state index contributed by atoms with van der Waals surface area (Å²) in [6.07, 6.45) is 1.25. The summed E-state index contributed by atoms with van der Waals surface area (Å²) in [4.78, 5) is 11.4. The highest BCUT2D eigenvalue weighted by Gasteiger charge is 2.04. The van der Waals surface area contributed by atoms with Crippen LogP contribution in [0.2, 0.25) is 0 Å². The second-order valence-electron chi connectivity index (χ2n) is 5.06. The number of nitrogens with two attached hydrogens (primary N) is 1. The van der Waals surface area contributed by atoms with Crippen molar-refractivity contribution >= 4 is 28.1 Å². The Balaban J connectivity index is 2.03. The van der Waals surface area contributed by atoms with Gasteiger partial charge in [-0.1, -0.05) is 43.0 Å². The highest BCUT2D eigenvalue weighted by Crippen LogP contribution is 2.29. The summed E-state index contributed by atoms with van der Waals surface area (Å²) in [5.74, 6) is -0.222. The molecule has 0 fully saturated rings. The van der Waals surface area contributed by atoms with Crippen LogP contribution in [0, 0.1) is 0 Å². The highest BCUT2D eigenvalue weighted by molar-refractivity contribution is 5.99. The minimum Gasteiger partial charge on any atom is -0.398 e. The van der Waals surface area contributed by atoms with Gasteiger partial charge in [-0.05, 0) is 46.9 Å². The average Bonchev–Trinajstić information content (AvgIpc) is 2.55. The average molecular weight is 288 g/mol. The first-order valence-corrected chi connectivity index (χ1v) is 6.99. The number of carbonyl (C=O) groups is 1. The molecule has 0 aliphatic heterocycles. The van der Waals surface area contributed by atoms with Gasteiger partial charge in [-0.15, -0.1) is 0 Å². The molecular formula is C19H16N2O. The van der Waals surface area contributed by atoms with Crippen molar-refractivity contribution in [1.29, 1.82) is 0 Å². The normalized spacial score (nSPS) is 10.4. The van der Waals surface area contributed by atoms with Crippen LogP contribution >= 0.6 is 0 Å². The quantitative estimate of drug-likeness (QED) is 0.560. The summed E-state index contributed by atoms with van der Waals surface area (Å²) in [5, 5.41) is 4.91. The minimum atomic E-state index is -0.222. The molecule has 22 heavy (non-hydrogen) atoms. The summed E-state index contributed by atoms with van der Waals surface area (Å²) in [5.41, 5.74) is 9.62. The first-order chi connectivity index (χ1) is 10.7. The number of nitrogen functional groups attached to an aromatic ring is 1. The third-order valence-corrected chi connectivity index (χ3v) is 3.56. The number of hydrogen-bond acceptors (Lipinski definition) is 2. The van der Waals surface area contributed by atoms with Gasteiger partial charge in [0.05, 0.1) is 0 Å². The Morgan fingerprint density at radius 2 is 1.77 bits per heavy atom. The van der Waals surface area contributed by atoms with Crippen LogP contribution in [0.15, 0.2) is 73.3 Å². The van der Waals surface area contributed by atoms with Gasteiger partial charge in [-0.3, -0.25) is 4.79 Å². The molecular weight excluding hydrogens is 272 g/mol. The van der Waals surface area contributed by atoms with Crippen LogP contribution in [-0.4, -0.2) is 5.91 Å². The summed E-state index contributed by atoms with van der Waals surface area (Å²) in [7, 11) is 0. The van der Waals surface area contributed by atoms with Gasteiger partial charge in [-0.25, -0.2) is 0 Å². The van der Waals surface area contributed by atoms with E-state index in [0.29, 0.717) is 0 Å². The summed E-state index contributed by atoms with van der Waals surface area (Å²) in [6.45, 7) is 3.46. The summed E-state index contributed by atoms with van der Waals surface area (Å²) in [6, 6.07) is 19.7. The standard InChI is InChI=1S/C19H16N2O/c1-2-19(22)21-16-7-3-6-14(11-16)15-10-9-13-5-4-8-18(20)17(13)12-15/h2-12H,1,20H2,(H,21,22). The number of anilines is 2. The lowest BCUT2D eigenvalue weighted by Crippen LogP contribution is -2.06. The summed E-state index contributed by atoms with van der Waals surface area (Å²) >= 11 is 0. The Labute approximate surface area is 129 Å². The Hall–Kier alpha value is -3.07. The number of benzene rings is 3. The Morgan fingerprint density at radius 1 is 1.00 bits per heavy atom. The smallest absolute Gasteiger partial charge is 0.247 e. The second-order valence-corrected chi connectivity index (χ2v) is 5.06. The Bertz CT molecular complexity index is 868. The molecule has 1 amide bonds. The molecule has 0 radical (unpaired) electrons. The number of amides is 1. The molecule has 3 rings (SSSR count). The molecule has 3 nitrogen and oxygen atoms in total. The molecule has 0 heterocycles. The fraction of sp³-hybridized carbons (Fsp3) is 0. The molecule has 0 bridgehead atoms. The van der Waals surface area contributed by atoms with Crippen LogP contribution < -0.4 is 11.1 Å². The maximum absolute atomic E-state index is 11.4. The zero-order valence-corrected chi connectivity index (χ0v) is 12.0. The monoisotopic (exact) mass is 288 g/mol. The zero-order valence-electron chi connectivity index (χ0n) is 12.0. The molecule has 0 atom stereocenters. The summed E-state index contributed by atoms with van der Waals surface area (Å²) < 4.78 is 0. The van der Waals surface area contributed by atoms with Crippen molar-refractivity contribution in [3.05, 3.63) is 73.3 Å². The lowest BCUT2D eigenvalue weighted by molar-refractivity contribution is -0.111. The van der Waals surface area contributed by atoms with Crippen LogP contribution in [0.3, 0.4) is 0 Å². The van der Waals surface area contributed by atoms with Crippen molar-refractivity contribution in [2.24, 2.45) is 0 Å². The lowest BCUT2D eigenvalue weighted by atomic mass is 10.00. The van der Waals surface area contributed by atoms with Crippen molar-refractivity contribution in [2.75, 3.05) is 11.1 Å². The van der Waals surface area contributed by atoms with Gasteiger partial charge in [0, 0.05) is 16.8 Å². The Kier molecular flexibility index (Phi) is 3.62. The maximum Gasteiger partial charge on any atom is 0.247 e. The third kappa shape index (κ3) is 2.69. The van der Waals surface area contributed by atoms with Crippen LogP contribution in [0.5, 0.6) is 0 Å². The molecule has 3 aromatic carbocycles. The van der Waals surface area contributed by atoms with Gasteiger partial charge in [0.15, 0.2) is 0 Å². The first kappa shape index (κ1) is 13.9. The molecule has 0 spiro atoms. The van der Waals surface area contributed by atoms with E-state index in [9.17, 15) is 4.79 Å². The van der Waals surface area contributed by atoms with Crippen molar-refractivity contribution < 1.29 is 4.79 Å². The van der Waals surface area contributed by atoms with E-state index < -0.39 is 0 Å². The molecule has 0 unspecified atom stereocenters. The SMILES string of the molecule is C=CC(=O)Nc1cccc(-c2ccc3cccc(N)c3c2)c1. The number of nitrogens with one attached hydrogen (secondary N) is 1. The molecule has 0 aliphatic carbocycles. The van der Waals surface area contributed by atoms with Crippen LogP contribution in [-0.2, 0) is 4.79 Å². The van der Waals surface area contributed by atoms with E-state index in [2.05, 4.69) is 30.1 Å². The first-order valence-electron chi connectivity index (χ1n) is 6.99. The predicted molar refractivity (Wildman–Crippen MR) is 92.6 cm³/mol. The number of carbonyl (C=O) groups excluding carboxylic acids is 1. The Morgan fingerprint density at radius 3 is 2.59 bits per heavy atom. The number of hydrogen-bond donors (Lipinski definition) is 2. The van der Waals surface area contributed by atoms with Crippen molar-refractivity contribution in [2.45, 2.75) is 0 Å². The van der Waals surface area contributed by atoms with E-state index in [1.807, 2.05) is 42.5 Å². The molecule has 3 aromatic rings. The van der Waals surface area contributed by atoms with Crippen LogP contribution in [0.1, 0.15) is 0 Å². The van der Waals surface area contributed by atoms with Gasteiger partial charge in [0.2, 0.25) is 5.91 Å². The van der Waals surface area contributed by atoms with Gasteiger partial charge >= 0.3 is 0 Å². The van der Waals surface area contributed by atoms with Crippen molar-refractivity contribution in [3.63, 3.8) is 0 Å². The van der Waals surface area contributed by atoms with E-state index in [4.69, 9.17) is 5.73 Å². The van der Waals surface area contributed by atoms with Gasteiger partial charge in [-0.2, -0.15) is 0 Å². The van der Waals surface area contributed by atoms with Crippen molar-refractivity contribution in [1.82, 2.24) is 0 Å². The van der Waals surface area contributed by atoms with Gasteiger partial charge in [0.1, 0.15) is 0 Å². The van der Waals surface area contributed by atoms with E-state index in [-0.39, 0.29) is 5.91 Å². The predicted octanol–water partition coefficient (Wildman–Crippen LogP) is 4.21. The van der Waals surface area contributed by atoms with E-state index in [0.717, 1.165) is 33.3 Å². The third-order valence-electron chi connectivity index (χ3n) is 3.56. The largest absolute Gasteiger partial charge is 0.398 e. The maximum atomic E-state index is 11.4. The molecule has 0 aromatic heterocycles. The minimum absolute atomic E-state index is 0.222. The van der Waals surface area contributed by atoms with E-state index >= 15 is 0 Å². The second kappa shape index (κ2) is 5.74. The fourth-order valence-electron chi connectivity index (χ4n) is 2.45. The highest BCUT2D eigenvalue weighted by atomic mass is 16.1. The fourth-order valence-corrected chi connectivity index (χ4v) is 2.45. The molecule has 108 valence electrons. The number of rotatable bonds is 3. The number of fused-ring (bicyclic) bond motifs is 1. The molecule has 3 heteroatoms. The molecule has 0 saturated carbocycles. The molecule has 0 saturated heterocycles. The van der Waals surface area contributed by atoms with Crippen molar-refractivity contribution in [3.8, 4) is 11.1 Å². The molecule has 0 aliphatic rings. The van der Waals surface area contributed by atoms with Crippen LogP contribution in [0.25, 0.3) is 21.9 Å². The van der Waals surface area contributed by atoms with E-state index in [1.54, 1.807) is 0 Å². The van der Waals surface area contributed by atoms with Gasteiger partial charge in [0.25, 0.3) is 0 Å². The van der Waals surface area contributed by atoms with Crippen LogP contribution in [0.4, 0.5) is 11.4 Å². The van der Waals surface area contributed by atoms with Gasteiger partial charge < -0.3 is 11.1 Å².